The topological polar surface area (TPSA) is 63.1 Å². The highest BCUT2D eigenvalue weighted by Crippen LogP contribution is 2.30. The van der Waals surface area contributed by atoms with E-state index in [-0.39, 0.29) is 6.42 Å². The molecule has 1 N–H and O–H groups in total. The van der Waals surface area contributed by atoms with Crippen LogP contribution in [0.2, 0.25) is 5.02 Å². The number of benzene rings is 1. The normalized spacial score (nSPS) is 10.3. The van der Waals surface area contributed by atoms with Crippen LogP contribution in [-0.2, 0) is 11.2 Å². The van der Waals surface area contributed by atoms with Gasteiger partial charge in [-0.1, -0.05) is 35.5 Å². The highest BCUT2D eigenvalue weighted by Gasteiger charge is 2.05. The molecule has 0 fully saturated rings. The summed E-state index contributed by atoms with van der Waals surface area (Å²) >= 11 is 7.36. The summed E-state index contributed by atoms with van der Waals surface area (Å²) in [6, 6.07) is 7.26. The van der Waals surface area contributed by atoms with Crippen molar-refractivity contribution in [3.05, 3.63) is 47.4 Å². The highest BCUT2D eigenvalue weighted by molar-refractivity contribution is 7.99. The Kier molecular flexibility index (Phi) is 4.17. The average molecular weight is 281 g/mol. The summed E-state index contributed by atoms with van der Waals surface area (Å²) in [7, 11) is 0. The van der Waals surface area contributed by atoms with E-state index in [9.17, 15) is 4.79 Å². The Morgan fingerprint density at radius 1 is 1.33 bits per heavy atom. The van der Waals surface area contributed by atoms with Crippen molar-refractivity contribution in [3.63, 3.8) is 0 Å². The molecule has 0 atom stereocenters. The fourth-order valence-electron chi connectivity index (χ4n) is 1.34. The Morgan fingerprint density at radius 3 is 2.67 bits per heavy atom. The Hall–Kier alpha value is -1.59. The van der Waals surface area contributed by atoms with Gasteiger partial charge in [0.25, 0.3) is 0 Å². The maximum Gasteiger partial charge on any atom is 0.307 e. The van der Waals surface area contributed by atoms with Crippen molar-refractivity contribution in [3.8, 4) is 0 Å². The Balaban J connectivity index is 2.11. The summed E-state index contributed by atoms with van der Waals surface area (Å²) in [5, 5.41) is 9.84. The van der Waals surface area contributed by atoms with Crippen molar-refractivity contribution in [2.75, 3.05) is 0 Å². The van der Waals surface area contributed by atoms with E-state index in [1.54, 1.807) is 12.1 Å². The van der Waals surface area contributed by atoms with E-state index < -0.39 is 5.97 Å². The van der Waals surface area contributed by atoms with E-state index in [4.69, 9.17) is 16.7 Å². The smallest absolute Gasteiger partial charge is 0.307 e. The van der Waals surface area contributed by atoms with Gasteiger partial charge in [0, 0.05) is 4.90 Å². The number of aliphatic carboxylic acids is 1. The summed E-state index contributed by atoms with van der Waals surface area (Å²) < 4.78 is 0. The molecule has 2 rings (SSSR count). The molecular formula is C12H9ClN2O2S. The largest absolute Gasteiger partial charge is 0.481 e. The van der Waals surface area contributed by atoms with Gasteiger partial charge in [0.15, 0.2) is 0 Å². The number of halogens is 1. The molecule has 0 unspecified atom stereocenters. The maximum atomic E-state index is 10.5. The van der Waals surface area contributed by atoms with Gasteiger partial charge in [-0.05, 0) is 17.7 Å². The van der Waals surface area contributed by atoms with E-state index in [1.807, 2.05) is 12.1 Å². The minimum atomic E-state index is -0.839. The zero-order valence-corrected chi connectivity index (χ0v) is 10.8. The van der Waals surface area contributed by atoms with Crippen molar-refractivity contribution in [1.29, 1.82) is 0 Å². The fourth-order valence-corrected chi connectivity index (χ4v) is 2.30. The Labute approximate surface area is 113 Å². The van der Waals surface area contributed by atoms with Gasteiger partial charge in [-0.15, -0.1) is 0 Å². The summed E-state index contributed by atoms with van der Waals surface area (Å²) in [6.45, 7) is 0. The minimum absolute atomic E-state index is 0.0270. The molecule has 0 saturated heterocycles. The number of carbonyl (C=O) groups is 1. The van der Waals surface area contributed by atoms with Crippen LogP contribution in [-0.4, -0.2) is 21.0 Å². The van der Waals surface area contributed by atoms with Crippen LogP contribution in [0.25, 0.3) is 0 Å². The molecule has 0 radical (unpaired) electrons. The molecule has 1 aromatic carbocycles. The molecule has 6 heteroatoms. The van der Waals surface area contributed by atoms with E-state index >= 15 is 0 Å². The van der Waals surface area contributed by atoms with Gasteiger partial charge in [0.05, 0.1) is 17.6 Å². The molecule has 18 heavy (non-hydrogen) atoms. The predicted molar refractivity (Wildman–Crippen MR) is 68.9 cm³/mol. The van der Waals surface area contributed by atoms with Crippen molar-refractivity contribution < 1.29 is 9.90 Å². The van der Waals surface area contributed by atoms with Crippen LogP contribution in [0.1, 0.15) is 5.56 Å². The third-order valence-corrected chi connectivity index (χ3v) is 3.54. The monoisotopic (exact) mass is 280 g/mol. The number of nitrogens with zero attached hydrogens (tertiary/aromatic N) is 2. The summed E-state index contributed by atoms with van der Waals surface area (Å²) in [5.74, 6) is -0.839. The second-order valence-corrected chi connectivity index (χ2v) is 4.96. The zero-order valence-electron chi connectivity index (χ0n) is 9.21. The van der Waals surface area contributed by atoms with Crippen LogP contribution < -0.4 is 0 Å². The SMILES string of the molecule is O=C(O)Cc1ccc(Sc2ncncc2Cl)cc1. The predicted octanol–water partition coefficient (Wildman–Crippen LogP) is 2.91. The lowest BCUT2D eigenvalue weighted by Crippen LogP contribution is -1.99. The van der Waals surface area contributed by atoms with Gasteiger partial charge in [-0.25, -0.2) is 9.97 Å². The summed E-state index contributed by atoms with van der Waals surface area (Å²) in [6.07, 6.45) is 3.00. The van der Waals surface area contributed by atoms with Crippen molar-refractivity contribution in [2.24, 2.45) is 0 Å². The number of carboxylic acids is 1. The van der Waals surface area contributed by atoms with Crippen molar-refractivity contribution >= 4 is 29.3 Å². The molecule has 1 aromatic heterocycles. The van der Waals surface area contributed by atoms with E-state index in [0.717, 1.165) is 10.5 Å². The lowest BCUT2D eigenvalue weighted by Gasteiger charge is -2.03. The first-order valence-corrected chi connectivity index (χ1v) is 6.28. The van der Waals surface area contributed by atoms with Gasteiger partial charge in [0.2, 0.25) is 0 Å². The van der Waals surface area contributed by atoms with E-state index in [1.165, 1.54) is 24.3 Å². The number of aromatic nitrogens is 2. The first-order chi connectivity index (χ1) is 8.65. The molecule has 2 aromatic rings. The lowest BCUT2D eigenvalue weighted by molar-refractivity contribution is -0.136. The average Bonchev–Trinajstić information content (AvgIpc) is 2.34. The molecule has 0 saturated carbocycles. The molecule has 0 spiro atoms. The van der Waals surface area contributed by atoms with Crippen molar-refractivity contribution in [1.82, 2.24) is 9.97 Å². The summed E-state index contributed by atoms with van der Waals surface area (Å²) in [4.78, 5) is 19.4. The lowest BCUT2D eigenvalue weighted by atomic mass is 10.2. The quantitative estimate of drug-likeness (QED) is 0.873. The second kappa shape index (κ2) is 5.84. The highest BCUT2D eigenvalue weighted by atomic mass is 35.5. The molecule has 0 aliphatic rings. The number of rotatable bonds is 4. The van der Waals surface area contributed by atoms with E-state index in [0.29, 0.717) is 10.0 Å². The van der Waals surface area contributed by atoms with Gasteiger partial charge in [-0.2, -0.15) is 0 Å². The van der Waals surface area contributed by atoms with Gasteiger partial charge >= 0.3 is 5.97 Å². The van der Waals surface area contributed by atoms with Gasteiger partial charge in [0.1, 0.15) is 11.4 Å². The van der Waals surface area contributed by atoms with Gasteiger partial charge < -0.3 is 5.11 Å². The Bertz CT molecular complexity index is 560. The summed E-state index contributed by atoms with van der Waals surface area (Å²) in [5.41, 5.74) is 0.764. The molecule has 92 valence electrons. The van der Waals surface area contributed by atoms with Crippen LogP contribution in [0.5, 0.6) is 0 Å². The standard InChI is InChI=1S/C12H9ClN2O2S/c13-10-6-14-7-15-12(10)18-9-3-1-8(2-4-9)5-11(16)17/h1-4,6-7H,5H2,(H,16,17). The minimum Gasteiger partial charge on any atom is -0.481 e. The van der Waals surface area contributed by atoms with Crippen LogP contribution in [0.3, 0.4) is 0 Å². The molecule has 0 aliphatic heterocycles. The first-order valence-electron chi connectivity index (χ1n) is 5.09. The first kappa shape index (κ1) is 12.9. The third-order valence-electron chi connectivity index (χ3n) is 2.13. The molecule has 0 amide bonds. The maximum absolute atomic E-state index is 10.5. The molecule has 0 aliphatic carbocycles. The zero-order chi connectivity index (χ0) is 13.0. The fraction of sp³-hybridized carbons (Fsp3) is 0.0833. The van der Waals surface area contributed by atoms with Crippen LogP contribution >= 0.6 is 23.4 Å². The molecule has 1 heterocycles. The number of carboxylic acid groups (broad SMARTS) is 1. The van der Waals surface area contributed by atoms with Crippen LogP contribution in [0, 0.1) is 0 Å². The number of hydrogen-bond donors (Lipinski definition) is 1. The van der Waals surface area contributed by atoms with Crippen LogP contribution in [0.4, 0.5) is 0 Å². The number of hydrogen-bond acceptors (Lipinski definition) is 4. The van der Waals surface area contributed by atoms with Gasteiger partial charge in [-0.3, -0.25) is 4.79 Å². The van der Waals surface area contributed by atoms with E-state index in [2.05, 4.69) is 9.97 Å². The molecular weight excluding hydrogens is 272 g/mol. The Morgan fingerprint density at radius 2 is 2.06 bits per heavy atom. The van der Waals surface area contributed by atoms with Crippen LogP contribution in [0.15, 0.2) is 46.7 Å². The van der Waals surface area contributed by atoms with Crippen molar-refractivity contribution in [2.45, 2.75) is 16.3 Å². The molecule has 4 nitrogen and oxygen atoms in total. The molecule has 0 bridgehead atoms. The third kappa shape index (κ3) is 3.45. The second-order valence-electron chi connectivity index (χ2n) is 3.49.